The molecule has 1 aliphatic rings. The summed E-state index contributed by atoms with van der Waals surface area (Å²) in [6.45, 7) is 9.45. The molecular formula is C14H29N3O2. The highest BCUT2D eigenvalue weighted by Gasteiger charge is 2.21. The number of piperidine rings is 1. The second-order valence-corrected chi connectivity index (χ2v) is 5.46. The first-order chi connectivity index (χ1) is 9.06. The number of carbonyl (C=O) groups excluding carboxylic acids is 1. The molecule has 0 unspecified atom stereocenters. The molecule has 0 spiro atoms. The van der Waals surface area contributed by atoms with E-state index in [9.17, 15) is 4.79 Å². The number of nitrogens with zero attached hydrogens (tertiary/aromatic N) is 1. The van der Waals surface area contributed by atoms with Gasteiger partial charge in [-0.2, -0.15) is 0 Å². The summed E-state index contributed by atoms with van der Waals surface area (Å²) in [4.78, 5) is 14.3. The minimum absolute atomic E-state index is 0.0187. The summed E-state index contributed by atoms with van der Waals surface area (Å²) < 4.78 is 5.19. The number of carbonyl (C=O) groups is 1. The van der Waals surface area contributed by atoms with Crippen molar-refractivity contribution in [1.82, 2.24) is 15.5 Å². The second-order valence-electron chi connectivity index (χ2n) is 5.46. The molecule has 19 heavy (non-hydrogen) atoms. The van der Waals surface area contributed by atoms with Crippen molar-refractivity contribution in [3.8, 4) is 0 Å². The van der Waals surface area contributed by atoms with Gasteiger partial charge >= 0.3 is 6.03 Å². The lowest BCUT2D eigenvalue weighted by Crippen LogP contribution is -2.51. The largest absolute Gasteiger partial charge is 0.380 e. The Morgan fingerprint density at radius 3 is 2.53 bits per heavy atom. The Balaban J connectivity index is 2.23. The van der Waals surface area contributed by atoms with Crippen LogP contribution in [0.5, 0.6) is 0 Å². The zero-order valence-corrected chi connectivity index (χ0v) is 12.7. The quantitative estimate of drug-likeness (QED) is 0.771. The number of methoxy groups -OCH3 is 1. The van der Waals surface area contributed by atoms with Gasteiger partial charge in [-0.1, -0.05) is 6.92 Å². The summed E-state index contributed by atoms with van der Waals surface area (Å²) >= 11 is 0. The summed E-state index contributed by atoms with van der Waals surface area (Å²) in [5, 5.41) is 5.98. The Bertz CT molecular complexity index is 265. The van der Waals surface area contributed by atoms with Crippen molar-refractivity contribution in [2.45, 2.75) is 58.2 Å². The van der Waals surface area contributed by atoms with E-state index in [1.807, 2.05) is 13.8 Å². The fourth-order valence-electron chi connectivity index (χ4n) is 2.37. The normalized spacial score (nSPS) is 20.8. The Kier molecular flexibility index (Phi) is 7.16. The van der Waals surface area contributed by atoms with E-state index in [1.165, 1.54) is 13.0 Å². The van der Waals surface area contributed by atoms with Crippen LogP contribution in [0.4, 0.5) is 4.79 Å². The van der Waals surface area contributed by atoms with E-state index in [2.05, 4.69) is 22.5 Å². The summed E-state index contributed by atoms with van der Waals surface area (Å²) in [5.74, 6) is 0. The van der Waals surface area contributed by atoms with E-state index in [4.69, 9.17) is 4.74 Å². The van der Waals surface area contributed by atoms with Gasteiger partial charge < -0.3 is 20.3 Å². The highest BCUT2D eigenvalue weighted by molar-refractivity contribution is 5.74. The number of urea groups is 1. The molecule has 2 amide bonds. The molecule has 1 rings (SSSR count). The number of hydrogen-bond acceptors (Lipinski definition) is 3. The van der Waals surface area contributed by atoms with E-state index in [-0.39, 0.29) is 18.2 Å². The molecule has 0 aromatic heterocycles. The van der Waals surface area contributed by atoms with E-state index < -0.39 is 0 Å². The summed E-state index contributed by atoms with van der Waals surface area (Å²) in [6.07, 6.45) is 3.31. The highest BCUT2D eigenvalue weighted by Crippen LogP contribution is 2.10. The summed E-state index contributed by atoms with van der Waals surface area (Å²) in [7, 11) is 1.66. The predicted molar refractivity (Wildman–Crippen MR) is 77.4 cm³/mol. The molecule has 1 saturated heterocycles. The lowest BCUT2D eigenvalue weighted by molar-refractivity contribution is 0.0906. The number of rotatable bonds is 6. The molecule has 0 bridgehead atoms. The van der Waals surface area contributed by atoms with Gasteiger partial charge in [-0.25, -0.2) is 4.79 Å². The van der Waals surface area contributed by atoms with E-state index in [0.717, 1.165) is 25.9 Å². The van der Waals surface area contributed by atoms with Crippen molar-refractivity contribution in [1.29, 1.82) is 0 Å². The zero-order chi connectivity index (χ0) is 14.3. The van der Waals surface area contributed by atoms with E-state index >= 15 is 0 Å². The average Bonchev–Trinajstić information content (AvgIpc) is 2.40. The van der Waals surface area contributed by atoms with Gasteiger partial charge in [0.2, 0.25) is 0 Å². The van der Waals surface area contributed by atoms with Gasteiger partial charge in [-0.3, -0.25) is 0 Å². The number of likely N-dealkylation sites (tertiary alicyclic amines) is 1. The van der Waals surface area contributed by atoms with Gasteiger partial charge in [0.05, 0.1) is 12.1 Å². The Morgan fingerprint density at radius 2 is 2.00 bits per heavy atom. The van der Waals surface area contributed by atoms with Gasteiger partial charge in [0.1, 0.15) is 0 Å². The topological polar surface area (TPSA) is 53.6 Å². The smallest absolute Gasteiger partial charge is 0.315 e. The lowest BCUT2D eigenvalue weighted by Gasteiger charge is -2.32. The fourth-order valence-corrected chi connectivity index (χ4v) is 2.37. The van der Waals surface area contributed by atoms with Crippen LogP contribution in [0.1, 0.15) is 40.0 Å². The molecule has 5 heteroatoms. The van der Waals surface area contributed by atoms with Crippen LogP contribution in [0.25, 0.3) is 0 Å². The van der Waals surface area contributed by atoms with Crippen LogP contribution in [0, 0.1) is 0 Å². The van der Waals surface area contributed by atoms with Gasteiger partial charge in [0.25, 0.3) is 0 Å². The number of hydrogen-bond donors (Lipinski definition) is 2. The highest BCUT2D eigenvalue weighted by atomic mass is 16.5. The van der Waals surface area contributed by atoms with Crippen molar-refractivity contribution in [2.75, 3.05) is 26.7 Å². The molecule has 2 atom stereocenters. The van der Waals surface area contributed by atoms with Crippen molar-refractivity contribution in [2.24, 2.45) is 0 Å². The van der Waals surface area contributed by atoms with E-state index in [0.29, 0.717) is 6.04 Å². The van der Waals surface area contributed by atoms with Crippen molar-refractivity contribution >= 4 is 6.03 Å². The number of nitrogens with one attached hydrogen (secondary N) is 2. The molecular weight excluding hydrogens is 242 g/mol. The second kappa shape index (κ2) is 8.38. The van der Waals surface area contributed by atoms with Crippen molar-refractivity contribution in [3.63, 3.8) is 0 Å². The molecule has 5 nitrogen and oxygen atoms in total. The van der Waals surface area contributed by atoms with Crippen LogP contribution in [0.2, 0.25) is 0 Å². The molecule has 112 valence electrons. The van der Waals surface area contributed by atoms with E-state index in [1.54, 1.807) is 7.11 Å². The minimum atomic E-state index is -0.0784. The first kappa shape index (κ1) is 16.2. The lowest BCUT2D eigenvalue weighted by atomic mass is 10.1. The van der Waals surface area contributed by atoms with Crippen LogP contribution >= 0.6 is 0 Å². The van der Waals surface area contributed by atoms with Crippen molar-refractivity contribution < 1.29 is 9.53 Å². The predicted octanol–water partition coefficient (Wildman–Crippen LogP) is 1.58. The number of ether oxygens (including phenoxy) is 1. The maximum Gasteiger partial charge on any atom is 0.315 e. The van der Waals surface area contributed by atoms with Crippen LogP contribution in [0.3, 0.4) is 0 Å². The number of amides is 2. The Hall–Kier alpha value is -0.810. The first-order valence-electron chi connectivity index (χ1n) is 7.39. The third-order valence-corrected chi connectivity index (χ3v) is 3.90. The van der Waals surface area contributed by atoms with Crippen LogP contribution in [0.15, 0.2) is 0 Å². The third-order valence-electron chi connectivity index (χ3n) is 3.90. The van der Waals surface area contributed by atoms with Crippen LogP contribution in [-0.2, 0) is 4.74 Å². The third kappa shape index (κ3) is 5.78. The standard InChI is InChI=1S/C14H29N3O2/c1-5-8-17-9-6-13(7-10-17)16-14(18)15-11(2)12(3)19-4/h11-13H,5-10H2,1-4H3,(H2,15,16,18)/t11-,12+/m0/s1. The van der Waals surface area contributed by atoms with Crippen LogP contribution in [-0.4, -0.2) is 55.9 Å². The molecule has 0 aliphatic carbocycles. The Morgan fingerprint density at radius 1 is 1.37 bits per heavy atom. The van der Waals surface area contributed by atoms with Gasteiger partial charge in [0, 0.05) is 26.2 Å². The van der Waals surface area contributed by atoms with Gasteiger partial charge in [0.15, 0.2) is 0 Å². The Labute approximate surface area is 117 Å². The summed E-state index contributed by atoms with van der Waals surface area (Å²) in [5.41, 5.74) is 0. The van der Waals surface area contributed by atoms with Crippen molar-refractivity contribution in [3.05, 3.63) is 0 Å². The molecule has 0 aromatic rings. The average molecular weight is 271 g/mol. The minimum Gasteiger partial charge on any atom is -0.380 e. The molecule has 1 heterocycles. The molecule has 1 aliphatic heterocycles. The first-order valence-corrected chi connectivity index (χ1v) is 7.39. The van der Waals surface area contributed by atoms with Gasteiger partial charge in [-0.05, 0) is 39.7 Å². The molecule has 2 N–H and O–H groups in total. The van der Waals surface area contributed by atoms with Gasteiger partial charge in [-0.15, -0.1) is 0 Å². The SMILES string of the molecule is CCCN1CCC(NC(=O)N[C@@H](C)[C@@H](C)OC)CC1. The van der Waals surface area contributed by atoms with Crippen LogP contribution < -0.4 is 10.6 Å². The summed E-state index contributed by atoms with van der Waals surface area (Å²) in [6, 6.07) is 0.244. The maximum absolute atomic E-state index is 11.9. The monoisotopic (exact) mass is 271 g/mol. The zero-order valence-electron chi connectivity index (χ0n) is 12.7. The molecule has 1 fully saturated rings. The molecule has 0 saturated carbocycles. The molecule has 0 aromatic carbocycles. The maximum atomic E-state index is 11.9. The molecule has 0 radical (unpaired) electrons. The fraction of sp³-hybridized carbons (Fsp3) is 0.929.